The van der Waals surface area contributed by atoms with Crippen molar-refractivity contribution in [2.24, 2.45) is 5.73 Å². The minimum absolute atomic E-state index is 0.171. The van der Waals surface area contributed by atoms with Crippen LogP contribution in [0.15, 0.2) is 41.2 Å². The molecule has 1 aromatic heterocycles. The number of aromatic nitrogens is 1. The van der Waals surface area contributed by atoms with Gasteiger partial charge in [0.25, 0.3) is 5.56 Å². The number of nitrogens with two attached hydrogens (primary N) is 1. The summed E-state index contributed by atoms with van der Waals surface area (Å²) in [6, 6.07) is 10.7. The average molecular weight is 257 g/mol. The van der Waals surface area contributed by atoms with Gasteiger partial charge in [-0.05, 0) is 31.2 Å². The van der Waals surface area contributed by atoms with E-state index in [0.717, 1.165) is 11.3 Å². The first-order valence-corrected chi connectivity index (χ1v) is 5.92. The van der Waals surface area contributed by atoms with Gasteiger partial charge >= 0.3 is 0 Å². The maximum absolute atomic E-state index is 11.8. The number of pyridine rings is 1. The van der Waals surface area contributed by atoms with Gasteiger partial charge in [0.05, 0.1) is 12.2 Å². The molecule has 0 aliphatic carbocycles. The number of hydrogen-bond donors (Lipinski definition) is 3. The topological polar surface area (TPSA) is 92.0 Å². The van der Waals surface area contributed by atoms with Gasteiger partial charge in [-0.25, -0.2) is 0 Å². The van der Waals surface area contributed by atoms with E-state index in [1.165, 1.54) is 0 Å². The van der Waals surface area contributed by atoms with Crippen molar-refractivity contribution in [2.45, 2.75) is 6.92 Å². The number of benzene rings is 1. The summed E-state index contributed by atoms with van der Waals surface area (Å²) in [5, 5.41) is 7.28. The number of nitrogen functional groups attached to an aromatic ring is 1. The Morgan fingerprint density at radius 3 is 2.79 bits per heavy atom. The molecule has 0 spiro atoms. The number of amidine groups is 1. The van der Waals surface area contributed by atoms with Crippen molar-refractivity contribution in [2.75, 3.05) is 6.61 Å². The number of rotatable bonds is 4. The summed E-state index contributed by atoms with van der Waals surface area (Å²) >= 11 is 0. The van der Waals surface area contributed by atoms with E-state index in [2.05, 4.69) is 4.98 Å². The van der Waals surface area contributed by atoms with Crippen molar-refractivity contribution in [3.8, 4) is 17.0 Å². The minimum atomic E-state index is -0.369. The van der Waals surface area contributed by atoms with Crippen molar-refractivity contribution < 1.29 is 4.74 Å². The monoisotopic (exact) mass is 257 g/mol. The van der Waals surface area contributed by atoms with E-state index in [9.17, 15) is 4.79 Å². The Morgan fingerprint density at radius 2 is 2.16 bits per heavy atom. The van der Waals surface area contributed by atoms with Gasteiger partial charge in [-0.3, -0.25) is 10.2 Å². The fraction of sp³-hybridized carbons (Fsp3) is 0.143. The van der Waals surface area contributed by atoms with Crippen LogP contribution < -0.4 is 16.0 Å². The summed E-state index contributed by atoms with van der Waals surface area (Å²) < 4.78 is 5.41. The second-order valence-corrected chi connectivity index (χ2v) is 3.99. The van der Waals surface area contributed by atoms with Crippen LogP contribution in [0.4, 0.5) is 0 Å². The number of H-pyrrole nitrogens is 1. The fourth-order valence-electron chi connectivity index (χ4n) is 1.77. The molecule has 0 aliphatic heterocycles. The van der Waals surface area contributed by atoms with Crippen molar-refractivity contribution in [1.82, 2.24) is 4.98 Å². The molecular weight excluding hydrogens is 242 g/mol. The molecule has 98 valence electrons. The quantitative estimate of drug-likeness (QED) is 0.575. The first-order chi connectivity index (χ1) is 9.11. The van der Waals surface area contributed by atoms with Crippen LogP contribution in [0, 0.1) is 5.41 Å². The van der Waals surface area contributed by atoms with E-state index in [4.69, 9.17) is 15.9 Å². The van der Waals surface area contributed by atoms with Gasteiger partial charge in [-0.1, -0.05) is 12.1 Å². The van der Waals surface area contributed by atoms with Crippen LogP contribution in [-0.2, 0) is 0 Å². The van der Waals surface area contributed by atoms with Crippen molar-refractivity contribution in [1.29, 1.82) is 5.41 Å². The molecule has 0 unspecified atom stereocenters. The van der Waals surface area contributed by atoms with Gasteiger partial charge in [-0.2, -0.15) is 0 Å². The minimum Gasteiger partial charge on any atom is -0.494 e. The summed E-state index contributed by atoms with van der Waals surface area (Å²) in [7, 11) is 0. The summed E-state index contributed by atoms with van der Waals surface area (Å²) in [5.41, 5.74) is 6.62. The largest absolute Gasteiger partial charge is 0.494 e. The first kappa shape index (κ1) is 12.9. The Morgan fingerprint density at radius 1 is 1.37 bits per heavy atom. The molecule has 0 fully saturated rings. The maximum Gasteiger partial charge on any atom is 0.259 e. The van der Waals surface area contributed by atoms with Crippen LogP contribution in [0.5, 0.6) is 5.75 Å². The normalized spacial score (nSPS) is 10.2. The number of hydrogen-bond acceptors (Lipinski definition) is 3. The average Bonchev–Trinajstić information content (AvgIpc) is 2.39. The third-order valence-corrected chi connectivity index (χ3v) is 2.66. The highest BCUT2D eigenvalue weighted by Crippen LogP contribution is 2.21. The van der Waals surface area contributed by atoms with Gasteiger partial charge in [0.15, 0.2) is 0 Å². The molecular formula is C14H15N3O2. The summed E-state index contributed by atoms with van der Waals surface area (Å²) in [4.78, 5) is 14.5. The zero-order valence-electron chi connectivity index (χ0n) is 10.6. The highest BCUT2D eigenvalue weighted by Gasteiger charge is 2.06. The zero-order chi connectivity index (χ0) is 13.8. The molecule has 5 nitrogen and oxygen atoms in total. The molecule has 4 N–H and O–H groups in total. The SMILES string of the molecule is CCOc1cccc(-c2ccc(C(=N)N)c(=O)[nH]2)c1. The fourth-order valence-corrected chi connectivity index (χ4v) is 1.77. The van der Waals surface area contributed by atoms with E-state index in [-0.39, 0.29) is 17.0 Å². The first-order valence-electron chi connectivity index (χ1n) is 5.92. The highest BCUT2D eigenvalue weighted by molar-refractivity contribution is 5.94. The van der Waals surface area contributed by atoms with Crippen LogP contribution in [0.3, 0.4) is 0 Å². The van der Waals surface area contributed by atoms with Gasteiger partial charge < -0.3 is 15.5 Å². The smallest absolute Gasteiger partial charge is 0.259 e. The molecule has 0 aliphatic rings. The standard InChI is InChI=1S/C14H15N3O2/c1-2-19-10-5-3-4-9(8-10)12-7-6-11(13(15)16)14(18)17-12/h3-8H,2H2,1H3,(H3,15,16)(H,17,18). The van der Waals surface area contributed by atoms with E-state index in [0.29, 0.717) is 12.3 Å². The summed E-state index contributed by atoms with van der Waals surface area (Å²) in [6.07, 6.45) is 0. The number of aromatic amines is 1. The molecule has 2 rings (SSSR count). The highest BCUT2D eigenvalue weighted by atomic mass is 16.5. The predicted molar refractivity (Wildman–Crippen MR) is 74.7 cm³/mol. The molecule has 1 heterocycles. The van der Waals surface area contributed by atoms with E-state index in [1.807, 2.05) is 31.2 Å². The Labute approximate surface area is 110 Å². The summed E-state index contributed by atoms with van der Waals surface area (Å²) in [6.45, 7) is 2.50. The van der Waals surface area contributed by atoms with Gasteiger partial charge in [0.2, 0.25) is 0 Å². The van der Waals surface area contributed by atoms with E-state index in [1.54, 1.807) is 12.1 Å². The second kappa shape index (κ2) is 5.39. The lowest BCUT2D eigenvalue weighted by atomic mass is 10.1. The van der Waals surface area contributed by atoms with Gasteiger partial charge in [0.1, 0.15) is 11.6 Å². The lowest BCUT2D eigenvalue weighted by Crippen LogP contribution is -2.23. The van der Waals surface area contributed by atoms with Crippen LogP contribution >= 0.6 is 0 Å². The van der Waals surface area contributed by atoms with Crippen molar-refractivity contribution in [3.05, 3.63) is 52.3 Å². The van der Waals surface area contributed by atoms with Gasteiger partial charge in [-0.15, -0.1) is 0 Å². The molecule has 0 amide bonds. The molecule has 5 heteroatoms. The Balaban J connectivity index is 2.42. The van der Waals surface area contributed by atoms with Crippen LogP contribution in [-0.4, -0.2) is 17.4 Å². The number of nitrogens with one attached hydrogen (secondary N) is 2. The Hall–Kier alpha value is -2.56. The molecule has 1 aromatic carbocycles. The van der Waals surface area contributed by atoms with Gasteiger partial charge in [0, 0.05) is 11.3 Å². The maximum atomic E-state index is 11.8. The van der Waals surface area contributed by atoms with E-state index < -0.39 is 0 Å². The molecule has 0 radical (unpaired) electrons. The molecule has 0 atom stereocenters. The van der Waals surface area contributed by atoms with E-state index >= 15 is 0 Å². The Bertz CT molecular complexity index is 662. The molecule has 0 saturated heterocycles. The van der Waals surface area contributed by atoms with Crippen LogP contribution in [0.2, 0.25) is 0 Å². The zero-order valence-corrected chi connectivity index (χ0v) is 10.6. The Kier molecular flexibility index (Phi) is 3.66. The number of ether oxygens (including phenoxy) is 1. The van der Waals surface area contributed by atoms with Crippen molar-refractivity contribution in [3.63, 3.8) is 0 Å². The molecule has 0 saturated carbocycles. The third kappa shape index (κ3) is 2.82. The van der Waals surface area contributed by atoms with Crippen LogP contribution in [0.1, 0.15) is 12.5 Å². The second-order valence-electron chi connectivity index (χ2n) is 3.99. The third-order valence-electron chi connectivity index (χ3n) is 2.66. The van der Waals surface area contributed by atoms with Crippen LogP contribution in [0.25, 0.3) is 11.3 Å². The summed E-state index contributed by atoms with van der Waals surface area (Å²) in [5.74, 6) is 0.507. The predicted octanol–water partition coefficient (Wildman–Crippen LogP) is 1.72. The molecule has 0 bridgehead atoms. The molecule has 19 heavy (non-hydrogen) atoms. The lowest BCUT2D eigenvalue weighted by Gasteiger charge is -2.07. The lowest BCUT2D eigenvalue weighted by molar-refractivity contribution is 0.340. The van der Waals surface area contributed by atoms with Crippen molar-refractivity contribution >= 4 is 5.84 Å². The molecule has 2 aromatic rings.